The summed E-state index contributed by atoms with van der Waals surface area (Å²) >= 11 is 1.52. The molecule has 0 bridgehead atoms. The lowest BCUT2D eigenvalue weighted by molar-refractivity contribution is 0.340. The smallest absolute Gasteiger partial charge is 0.200 e. The molecule has 84 valence electrons. The highest BCUT2D eigenvalue weighted by Crippen LogP contribution is 2.40. The molecule has 2 aromatic rings. The fraction of sp³-hybridized carbons (Fsp3) is 0.182. The van der Waals surface area contributed by atoms with Gasteiger partial charge in [0.25, 0.3) is 0 Å². The van der Waals surface area contributed by atoms with Gasteiger partial charge in [0.05, 0.1) is 14.2 Å². The van der Waals surface area contributed by atoms with Gasteiger partial charge in [-0.3, -0.25) is 0 Å². The fourth-order valence-electron chi connectivity index (χ4n) is 1.38. The van der Waals surface area contributed by atoms with E-state index in [9.17, 15) is 5.11 Å². The lowest BCUT2D eigenvalue weighted by Crippen LogP contribution is -1.90. The highest BCUT2D eigenvalue weighted by atomic mass is 32.1. The first-order valence-corrected chi connectivity index (χ1v) is 5.49. The zero-order valence-electron chi connectivity index (χ0n) is 8.93. The van der Waals surface area contributed by atoms with E-state index in [0.717, 1.165) is 10.6 Å². The van der Waals surface area contributed by atoms with Crippen molar-refractivity contribution in [1.29, 1.82) is 0 Å². The number of aromatic nitrogens is 1. The Morgan fingerprint density at radius 3 is 2.25 bits per heavy atom. The molecule has 1 aromatic carbocycles. The Bertz CT molecular complexity index is 457. The zero-order chi connectivity index (χ0) is 11.5. The topological polar surface area (TPSA) is 51.6 Å². The van der Waals surface area contributed by atoms with Crippen LogP contribution < -0.4 is 9.47 Å². The second kappa shape index (κ2) is 4.40. The average Bonchev–Trinajstić information content (AvgIpc) is 2.83. The summed E-state index contributed by atoms with van der Waals surface area (Å²) in [6, 6.07) is 3.47. The van der Waals surface area contributed by atoms with E-state index in [1.54, 1.807) is 18.3 Å². The first-order valence-electron chi connectivity index (χ1n) is 4.61. The molecular formula is C11H11NO3S. The maximum atomic E-state index is 9.74. The molecule has 1 aromatic heterocycles. The van der Waals surface area contributed by atoms with Crippen LogP contribution in [-0.4, -0.2) is 24.3 Å². The van der Waals surface area contributed by atoms with Gasteiger partial charge in [-0.1, -0.05) is 0 Å². The molecule has 16 heavy (non-hydrogen) atoms. The summed E-state index contributed by atoms with van der Waals surface area (Å²) in [7, 11) is 3.00. The molecule has 0 aliphatic carbocycles. The molecule has 0 fully saturated rings. The summed E-state index contributed by atoms with van der Waals surface area (Å²) in [4.78, 5) is 4.19. The minimum Gasteiger partial charge on any atom is -0.502 e. The van der Waals surface area contributed by atoms with Gasteiger partial charge in [-0.2, -0.15) is 0 Å². The van der Waals surface area contributed by atoms with E-state index in [1.807, 2.05) is 5.38 Å². The molecule has 1 heterocycles. The third-order valence-corrected chi connectivity index (χ3v) is 2.98. The maximum absolute atomic E-state index is 9.74. The minimum absolute atomic E-state index is 0.00491. The Hall–Kier alpha value is -1.75. The van der Waals surface area contributed by atoms with Crippen LogP contribution in [0, 0.1) is 0 Å². The standard InChI is InChI=1S/C11H11NO3S/c1-14-8-5-7(11-12-3-4-16-11)6-9(15-2)10(8)13/h3-6,13H,1-2H3. The van der Waals surface area contributed by atoms with Crippen molar-refractivity contribution in [3.8, 4) is 27.8 Å². The quantitative estimate of drug-likeness (QED) is 0.891. The molecule has 0 saturated carbocycles. The van der Waals surface area contributed by atoms with Gasteiger partial charge in [-0.15, -0.1) is 11.3 Å². The molecular weight excluding hydrogens is 226 g/mol. The molecule has 0 radical (unpaired) electrons. The van der Waals surface area contributed by atoms with Crippen molar-refractivity contribution in [2.24, 2.45) is 0 Å². The van der Waals surface area contributed by atoms with Gasteiger partial charge in [-0.25, -0.2) is 4.98 Å². The van der Waals surface area contributed by atoms with Gasteiger partial charge in [0.15, 0.2) is 11.5 Å². The van der Waals surface area contributed by atoms with Gasteiger partial charge in [0.2, 0.25) is 5.75 Å². The van der Waals surface area contributed by atoms with Crippen molar-refractivity contribution in [2.45, 2.75) is 0 Å². The minimum atomic E-state index is 0.00491. The van der Waals surface area contributed by atoms with Crippen LogP contribution in [0.2, 0.25) is 0 Å². The number of phenolic OH excluding ortho intramolecular Hbond substituents is 1. The fourth-order valence-corrected chi connectivity index (χ4v) is 2.01. The maximum Gasteiger partial charge on any atom is 0.200 e. The summed E-state index contributed by atoms with van der Waals surface area (Å²) in [5, 5.41) is 12.5. The average molecular weight is 237 g/mol. The number of methoxy groups -OCH3 is 2. The van der Waals surface area contributed by atoms with Crippen LogP contribution in [-0.2, 0) is 0 Å². The molecule has 1 N–H and O–H groups in total. The van der Waals surface area contributed by atoms with E-state index in [4.69, 9.17) is 9.47 Å². The largest absolute Gasteiger partial charge is 0.502 e. The highest BCUT2D eigenvalue weighted by molar-refractivity contribution is 7.13. The van der Waals surface area contributed by atoms with Gasteiger partial charge in [0, 0.05) is 17.1 Å². The van der Waals surface area contributed by atoms with Gasteiger partial charge in [-0.05, 0) is 12.1 Å². The van der Waals surface area contributed by atoms with Gasteiger partial charge in [0.1, 0.15) is 5.01 Å². The zero-order valence-corrected chi connectivity index (χ0v) is 9.75. The summed E-state index contributed by atoms with van der Waals surface area (Å²) in [6.07, 6.45) is 1.73. The van der Waals surface area contributed by atoms with Crippen LogP contribution >= 0.6 is 11.3 Å². The number of rotatable bonds is 3. The second-order valence-corrected chi connectivity index (χ2v) is 3.96. The normalized spacial score (nSPS) is 10.1. The molecule has 2 rings (SSSR count). The number of phenols is 1. The second-order valence-electron chi connectivity index (χ2n) is 3.07. The van der Waals surface area contributed by atoms with E-state index in [1.165, 1.54) is 25.6 Å². The number of aromatic hydroxyl groups is 1. The van der Waals surface area contributed by atoms with Crippen LogP contribution in [0.1, 0.15) is 0 Å². The van der Waals surface area contributed by atoms with Crippen molar-refractivity contribution in [1.82, 2.24) is 4.98 Å². The predicted molar refractivity (Wildman–Crippen MR) is 62.3 cm³/mol. The van der Waals surface area contributed by atoms with E-state index in [-0.39, 0.29) is 5.75 Å². The summed E-state index contributed by atoms with van der Waals surface area (Å²) in [5.41, 5.74) is 0.863. The molecule has 5 heteroatoms. The molecule has 4 nitrogen and oxygen atoms in total. The number of thiazole rings is 1. The lowest BCUT2D eigenvalue weighted by atomic mass is 10.2. The Balaban J connectivity index is 2.56. The van der Waals surface area contributed by atoms with Crippen molar-refractivity contribution in [3.05, 3.63) is 23.7 Å². The van der Waals surface area contributed by atoms with E-state index >= 15 is 0 Å². The monoisotopic (exact) mass is 237 g/mol. The van der Waals surface area contributed by atoms with Crippen molar-refractivity contribution in [2.75, 3.05) is 14.2 Å². The molecule has 0 unspecified atom stereocenters. The van der Waals surface area contributed by atoms with Crippen LogP contribution in [0.4, 0.5) is 0 Å². The number of hydrogen-bond acceptors (Lipinski definition) is 5. The first kappa shape index (κ1) is 10.8. The van der Waals surface area contributed by atoms with Crippen LogP contribution in [0.5, 0.6) is 17.2 Å². The number of hydrogen-bond donors (Lipinski definition) is 1. The van der Waals surface area contributed by atoms with Crippen LogP contribution in [0.3, 0.4) is 0 Å². The van der Waals surface area contributed by atoms with Gasteiger partial charge < -0.3 is 14.6 Å². The molecule has 0 spiro atoms. The molecule has 0 atom stereocenters. The van der Waals surface area contributed by atoms with E-state index in [2.05, 4.69) is 4.98 Å². The predicted octanol–water partition coefficient (Wildman–Crippen LogP) is 2.53. The molecule has 0 saturated heterocycles. The van der Waals surface area contributed by atoms with Crippen molar-refractivity contribution >= 4 is 11.3 Å². The Morgan fingerprint density at radius 1 is 1.19 bits per heavy atom. The summed E-state index contributed by atoms with van der Waals surface area (Å²) < 4.78 is 10.1. The summed E-state index contributed by atoms with van der Waals surface area (Å²) in [6.45, 7) is 0. The van der Waals surface area contributed by atoms with Crippen LogP contribution in [0.25, 0.3) is 10.6 Å². The third-order valence-electron chi connectivity index (χ3n) is 2.16. The van der Waals surface area contributed by atoms with Crippen LogP contribution in [0.15, 0.2) is 23.7 Å². The third kappa shape index (κ3) is 1.81. The Kier molecular flexibility index (Phi) is 2.96. The van der Waals surface area contributed by atoms with E-state index in [0.29, 0.717) is 11.5 Å². The highest BCUT2D eigenvalue weighted by Gasteiger charge is 2.13. The van der Waals surface area contributed by atoms with E-state index < -0.39 is 0 Å². The molecule has 0 aliphatic rings. The lowest BCUT2D eigenvalue weighted by Gasteiger charge is -2.09. The Morgan fingerprint density at radius 2 is 1.81 bits per heavy atom. The number of ether oxygens (including phenoxy) is 2. The number of nitrogens with zero attached hydrogens (tertiary/aromatic N) is 1. The Labute approximate surface area is 97.1 Å². The summed E-state index contributed by atoms with van der Waals surface area (Å²) in [5.74, 6) is 0.763. The first-order chi connectivity index (χ1) is 7.76. The van der Waals surface area contributed by atoms with Gasteiger partial charge >= 0.3 is 0 Å². The SMILES string of the molecule is COc1cc(-c2nccs2)cc(OC)c1O. The van der Waals surface area contributed by atoms with Crippen molar-refractivity contribution in [3.63, 3.8) is 0 Å². The molecule has 0 amide bonds. The van der Waals surface area contributed by atoms with Crippen molar-refractivity contribution < 1.29 is 14.6 Å². The number of benzene rings is 1. The molecule has 0 aliphatic heterocycles.